The Morgan fingerprint density at radius 1 is 1.13 bits per heavy atom. The maximum absolute atomic E-state index is 12.5. The molecule has 0 unspecified atom stereocenters. The fraction of sp³-hybridized carbons (Fsp3) is 0.188. The Morgan fingerprint density at radius 3 is 2.39 bits per heavy atom. The van der Waals surface area contributed by atoms with Crippen LogP contribution < -0.4 is 10.6 Å². The van der Waals surface area contributed by atoms with E-state index in [9.17, 15) is 18.0 Å². The number of hydrogen-bond donors (Lipinski definition) is 2. The summed E-state index contributed by atoms with van der Waals surface area (Å²) in [5, 5.41) is 5.96. The number of halogens is 4. The second-order valence-corrected chi connectivity index (χ2v) is 5.37. The first-order valence-corrected chi connectivity index (χ1v) is 7.10. The van der Waals surface area contributed by atoms with E-state index >= 15 is 0 Å². The van der Waals surface area contributed by atoms with E-state index in [-0.39, 0.29) is 12.5 Å². The summed E-state index contributed by atoms with van der Waals surface area (Å²) in [5.74, 6) is -0.324. The fourth-order valence-electron chi connectivity index (χ4n) is 1.88. The summed E-state index contributed by atoms with van der Waals surface area (Å²) in [7, 11) is 0. The SMILES string of the molecule is Cc1ccc(Cl)cc1NC(=O)CNc1ccc(C(F)(F)F)cc1. The van der Waals surface area contributed by atoms with Crippen LogP contribution in [0.4, 0.5) is 24.5 Å². The molecule has 0 saturated heterocycles. The van der Waals surface area contributed by atoms with Crippen LogP contribution in [0, 0.1) is 6.92 Å². The van der Waals surface area contributed by atoms with Gasteiger partial charge >= 0.3 is 6.18 Å². The number of carbonyl (C=O) groups is 1. The van der Waals surface area contributed by atoms with Crippen molar-refractivity contribution in [3.8, 4) is 0 Å². The van der Waals surface area contributed by atoms with Gasteiger partial charge in [0.15, 0.2) is 0 Å². The monoisotopic (exact) mass is 342 g/mol. The first-order chi connectivity index (χ1) is 10.8. The third-order valence-electron chi connectivity index (χ3n) is 3.14. The minimum absolute atomic E-state index is 0.0721. The van der Waals surface area contributed by atoms with Gasteiger partial charge < -0.3 is 10.6 Å². The number of nitrogens with one attached hydrogen (secondary N) is 2. The number of anilines is 2. The standard InChI is InChI=1S/C16H14ClF3N2O/c1-10-2-5-12(17)8-14(10)22-15(23)9-21-13-6-3-11(4-7-13)16(18,19)20/h2-8,21H,9H2,1H3,(H,22,23). The summed E-state index contributed by atoms with van der Waals surface area (Å²) >= 11 is 5.87. The van der Waals surface area contributed by atoms with Gasteiger partial charge in [0.2, 0.25) is 5.91 Å². The van der Waals surface area contributed by atoms with Gasteiger partial charge in [-0.25, -0.2) is 0 Å². The van der Waals surface area contributed by atoms with E-state index in [1.54, 1.807) is 18.2 Å². The molecule has 0 spiro atoms. The van der Waals surface area contributed by atoms with E-state index in [2.05, 4.69) is 10.6 Å². The van der Waals surface area contributed by atoms with Gasteiger partial charge in [0.25, 0.3) is 0 Å². The summed E-state index contributed by atoms with van der Waals surface area (Å²) in [6, 6.07) is 9.60. The fourth-order valence-corrected chi connectivity index (χ4v) is 2.05. The zero-order chi connectivity index (χ0) is 17.0. The normalized spacial score (nSPS) is 11.2. The van der Waals surface area contributed by atoms with E-state index in [0.29, 0.717) is 16.4 Å². The Bertz CT molecular complexity index is 699. The van der Waals surface area contributed by atoms with Crippen molar-refractivity contribution < 1.29 is 18.0 Å². The van der Waals surface area contributed by atoms with Gasteiger partial charge in [-0.2, -0.15) is 13.2 Å². The Kier molecular flexibility index (Phi) is 5.15. The van der Waals surface area contributed by atoms with Crippen molar-refractivity contribution in [2.75, 3.05) is 17.2 Å². The molecule has 7 heteroatoms. The molecule has 2 aromatic carbocycles. The molecule has 0 heterocycles. The molecule has 0 atom stereocenters. The lowest BCUT2D eigenvalue weighted by atomic mass is 10.2. The molecule has 122 valence electrons. The highest BCUT2D eigenvalue weighted by Gasteiger charge is 2.29. The third kappa shape index (κ3) is 4.89. The minimum Gasteiger partial charge on any atom is -0.376 e. The molecule has 0 radical (unpaired) electrons. The van der Waals surface area contributed by atoms with Gasteiger partial charge in [-0.1, -0.05) is 17.7 Å². The lowest BCUT2D eigenvalue weighted by Gasteiger charge is -2.11. The maximum atomic E-state index is 12.5. The molecule has 0 bridgehead atoms. The zero-order valence-electron chi connectivity index (χ0n) is 12.2. The predicted molar refractivity (Wildman–Crippen MR) is 84.8 cm³/mol. The molecule has 2 aromatic rings. The second kappa shape index (κ2) is 6.91. The van der Waals surface area contributed by atoms with Crippen molar-refractivity contribution in [2.24, 2.45) is 0 Å². The minimum atomic E-state index is -4.37. The van der Waals surface area contributed by atoms with Crippen molar-refractivity contribution in [3.63, 3.8) is 0 Å². The number of amides is 1. The van der Waals surface area contributed by atoms with Crippen LogP contribution in [-0.4, -0.2) is 12.5 Å². The number of benzene rings is 2. The van der Waals surface area contributed by atoms with E-state index in [1.165, 1.54) is 12.1 Å². The van der Waals surface area contributed by atoms with Crippen molar-refractivity contribution >= 4 is 28.9 Å². The van der Waals surface area contributed by atoms with Crippen LogP contribution in [0.5, 0.6) is 0 Å². The first kappa shape index (κ1) is 17.1. The molecule has 2 rings (SSSR count). The molecule has 0 fully saturated rings. The van der Waals surface area contributed by atoms with E-state index < -0.39 is 11.7 Å². The molecule has 23 heavy (non-hydrogen) atoms. The Labute approximate surface area is 136 Å². The average molecular weight is 343 g/mol. The van der Waals surface area contributed by atoms with Crippen LogP contribution in [-0.2, 0) is 11.0 Å². The highest BCUT2D eigenvalue weighted by molar-refractivity contribution is 6.31. The number of aryl methyl sites for hydroxylation is 1. The summed E-state index contributed by atoms with van der Waals surface area (Å²) in [6.07, 6.45) is -4.37. The maximum Gasteiger partial charge on any atom is 0.416 e. The van der Waals surface area contributed by atoms with Crippen LogP contribution in [0.15, 0.2) is 42.5 Å². The van der Waals surface area contributed by atoms with Crippen molar-refractivity contribution in [1.29, 1.82) is 0 Å². The molecular formula is C16H14ClF3N2O. The molecule has 1 amide bonds. The van der Waals surface area contributed by atoms with Crippen molar-refractivity contribution in [1.82, 2.24) is 0 Å². The molecule has 0 saturated carbocycles. The number of carbonyl (C=O) groups excluding carboxylic acids is 1. The van der Waals surface area contributed by atoms with Crippen LogP contribution >= 0.6 is 11.6 Å². The molecule has 0 aliphatic heterocycles. The largest absolute Gasteiger partial charge is 0.416 e. The Morgan fingerprint density at radius 2 is 1.78 bits per heavy atom. The number of rotatable bonds is 4. The molecule has 3 nitrogen and oxygen atoms in total. The molecular weight excluding hydrogens is 329 g/mol. The van der Waals surface area contributed by atoms with Crippen LogP contribution in [0.2, 0.25) is 5.02 Å². The van der Waals surface area contributed by atoms with Crippen molar-refractivity contribution in [3.05, 3.63) is 58.6 Å². The Balaban J connectivity index is 1.93. The van der Waals surface area contributed by atoms with Gasteiger partial charge in [-0.15, -0.1) is 0 Å². The Hall–Kier alpha value is -2.21. The lowest BCUT2D eigenvalue weighted by Crippen LogP contribution is -2.22. The predicted octanol–water partition coefficient (Wildman–Crippen LogP) is 4.72. The van der Waals surface area contributed by atoms with Gasteiger partial charge in [-0.05, 0) is 48.9 Å². The van der Waals surface area contributed by atoms with E-state index in [1.807, 2.05) is 6.92 Å². The summed E-state index contributed by atoms with van der Waals surface area (Å²) in [4.78, 5) is 11.9. The van der Waals surface area contributed by atoms with E-state index in [4.69, 9.17) is 11.6 Å². The zero-order valence-corrected chi connectivity index (χ0v) is 12.9. The number of hydrogen-bond acceptors (Lipinski definition) is 2. The van der Waals surface area contributed by atoms with Gasteiger partial charge in [0.1, 0.15) is 0 Å². The quantitative estimate of drug-likeness (QED) is 0.844. The smallest absolute Gasteiger partial charge is 0.376 e. The highest BCUT2D eigenvalue weighted by Crippen LogP contribution is 2.29. The molecule has 0 aliphatic rings. The summed E-state index contributed by atoms with van der Waals surface area (Å²) in [5.41, 5.74) is 1.15. The summed E-state index contributed by atoms with van der Waals surface area (Å²) in [6.45, 7) is 1.76. The van der Waals surface area contributed by atoms with Crippen LogP contribution in [0.1, 0.15) is 11.1 Å². The molecule has 0 aliphatic carbocycles. The second-order valence-electron chi connectivity index (χ2n) is 4.94. The van der Waals surface area contributed by atoms with Crippen molar-refractivity contribution in [2.45, 2.75) is 13.1 Å². The molecule has 0 aromatic heterocycles. The average Bonchev–Trinajstić information content (AvgIpc) is 2.48. The number of alkyl halides is 3. The molecule has 2 N–H and O–H groups in total. The van der Waals surface area contributed by atoms with Crippen LogP contribution in [0.25, 0.3) is 0 Å². The first-order valence-electron chi connectivity index (χ1n) is 6.73. The van der Waals surface area contributed by atoms with Gasteiger partial charge in [-0.3, -0.25) is 4.79 Å². The highest BCUT2D eigenvalue weighted by atomic mass is 35.5. The van der Waals surface area contributed by atoms with E-state index in [0.717, 1.165) is 17.7 Å². The topological polar surface area (TPSA) is 41.1 Å². The van der Waals surface area contributed by atoms with Gasteiger partial charge in [0, 0.05) is 16.4 Å². The van der Waals surface area contributed by atoms with Crippen LogP contribution in [0.3, 0.4) is 0 Å². The lowest BCUT2D eigenvalue weighted by molar-refractivity contribution is -0.137. The third-order valence-corrected chi connectivity index (χ3v) is 3.37. The van der Waals surface area contributed by atoms with Gasteiger partial charge in [0.05, 0.1) is 12.1 Å². The summed E-state index contributed by atoms with van der Waals surface area (Å²) < 4.78 is 37.4.